The Bertz CT molecular complexity index is 1060. The van der Waals surface area contributed by atoms with Crippen LogP contribution >= 0.6 is 0 Å². The minimum Gasteiger partial charge on any atom is -0.469 e. The molecule has 1 aliphatic carbocycles. The number of amides is 1. The zero-order valence-electron chi connectivity index (χ0n) is 17.6. The molecule has 1 N–H and O–H groups in total. The molecule has 3 aromatic rings. The summed E-state index contributed by atoms with van der Waals surface area (Å²) in [4.78, 5) is 28.9. The summed E-state index contributed by atoms with van der Waals surface area (Å²) >= 11 is 0. The Kier molecular flexibility index (Phi) is 6.45. The highest BCUT2D eigenvalue weighted by molar-refractivity contribution is 5.92. The van der Waals surface area contributed by atoms with Gasteiger partial charge in [0.25, 0.3) is 0 Å². The van der Waals surface area contributed by atoms with E-state index in [1.807, 2.05) is 24.4 Å². The zero-order chi connectivity index (χ0) is 21.6. The number of hydrogen-bond donors (Lipinski definition) is 1. The van der Waals surface area contributed by atoms with Crippen LogP contribution in [0.15, 0.2) is 41.3 Å². The summed E-state index contributed by atoms with van der Waals surface area (Å²) in [7, 11) is 0. The number of aromatic nitrogens is 3. The average molecular weight is 422 g/mol. The van der Waals surface area contributed by atoms with Gasteiger partial charge in [0.05, 0.1) is 18.6 Å². The average Bonchev–Trinajstić information content (AvgIpc) is 3.43. The number of aryl methyl sites for hydroxylation is 3. The van der Waals surface area contributed by atoms with Crippen LogP contribution in [0.2, 0.25) is 0 Å². The Labute approximate surface area is 180 Å². The van der Waals surface area contributed by atoms with Crippen LogP contribution in [0.25, 0.3) is 11.3 Å². The van der Waals surface area contributed by atoms with Gasteiger partial charge in [-0.15, -0.1) is 0 Å². The Morgan fingerprint density at radius 2 is 2.19 bits per heavy atom. The summed E-state index contributed by atoms with van der Waals surface area (Å²) in [6, 6.07) is 5.61. The fourth-order valence-corrected chi connectivity index (χ4v) is 3.90. The van der Waals surface area contributed by atoms with E-state index < -0.39 is 0 Å². The van der Waals surface area contributed by atoms with E-state index in [0.29, 0.717) is 44.7 Å². The van der Waals surface area contributed by atoms with Crippen LogP contribution < -0.4 is 5.32 Å². The van der Waals surface area contributed by atoms with E-state index in [1.54, 1.807) is 24.1 Å². The maximum Gasteiger partial charge on any atom is 0.356 e. The van der Waals surface area contributed by atoms with Gasteiger partial charge in [-0.2, -0.15) is 5.10 Å². The van der Waals surface area contributed by atoms with E-state index in [9.17, 15) is 9.59 Å². The van der Waals surface area contributed by atoms with Crippen LogP contribution in [-0.4, -0.2) is 39.8 Å². The highest BCUT2D eigenvalue weighted by Gasteiger charge is 2.28. The maximum atomic E-state index is 12.7. The number of carbonyl (C=O) groups is 2. The number of esters is 1. The van der Waals surface area contributed by atoms with Crippen molar-refractivity contribution in [1.29, 1.82) is 0 Å². The van der Waals surface area contributed by atoms with Crippen LogP contribution in [0, 0.1) is 0 Å². The van der Waals surface area contributed by atoms with Gasteiger partial charge in [0, 0.05) is 49.5 Å². The van der Waals surface area contributed by atoms with Gasteiger partial charge in [0.15, 0.2) is 0 Å². The van der Waals surface area contributed by atoms with Gasteiger partial charge in [-0.3, -0.25) is 14.5 Å². The first kappa shape index (κ1) is 20.8. The number of nitrogens with one attached hydrogen (secondary N) is 1. The number of rotatable bonds is 9. The van der Waals surface area contributed by atoms with E-state index in [2.05, 4.69) is 10.3 Å². The first-order chi connectivity index (χ1) is 15.2. The van der Waals surface area contributed by atoms with Crippen molar-refractivity contribution in [2.45, 2.75) is 45.6 Å². The SMILES string of the molecule is CCOC(=O)c1c2c(nn1CCCNC(=O)CCc1ccco1)-c1ccncc1CC2. The van der Waals surface area contributed by atoms with Crippen molar-refractivity contribution in [2.24, 2.45) is 0 Å². The second-order valence-corrected chi connectivity index (χ2v) is 7.44. The summed E-state index contributed by atoms with van der Waals surface area (Å²) in [6.07, 6.45) is 8.37. The lowest BCUT2D eigenvalue weighted by molar-refractivity contribution is -0.121. The summed E-state index contributed by atoms with van der Waals surface area (Å²) in [5, 5.41) is 7.67. The second-order valence-electron chi connectivity index (χ2n) is 7.44. The number of ether oxygens (including phenoxy) is 1. The monoisotopic (exact) mass is 422 g/mol. The normalized spacial score (nSPS) is 12.2. The molecule has 0 aliphatic heterocycles. The molecule has 0 atom stereocenters. The van der Waals surface area contributed by atoms with Gasteiger partial charge in [-0.25, -0.2) is 4.79 Å². The van der Waals surface area contributed by atoms with E-state index in [-0.39, 0.29) is 11.9 Å². The molecule has 162 valence electrons. The third kappa shape index (κ3) is 4.68. The van der Waals surface area contributed by atoms with Crippen molar-refractivity contribution in [3.05, 3.63) is 59.4 Å². The number of nitrogens with zero attached hydrogens (tertiary/aromatic N) is 3. The van der Waals surface area contributed by atoms with Crippen molar-refractivity contribution >= 4 is 11.9 Å². The molecular formula is C23H26N4O4. The Hall–Kier alpha value is -3.42. The standard InChI is InChI=1S/C23H26N4O4/c1-2-30-23(29)22-19-8-6-16-15-24-12-10-18(16)21(19)26-27(22)13-4-11-25-20(28)9-7-17-5-3-14-31-17/h3,5,10,12,14-15H,2,4,6-9,11,13H2,1H3,(H,25,28). The predicted molar refractivity (Wildman–Crippen MR) is 113 cm³/mol. The van der Waals surface area contributed by atoms with Crippen LogP contribution in [0.4, 0.5) is 0 Å². The molecule has 1 aliphatic rings. The van der Waals surface area contributed by atoms with Crippen molar-refractivity contribution in [3.63, 3.8) is 0 Å². The Balaban J connectivity index is 1.41. The summed E-state index contributed by atoms with van der Waals surface area (Å²) in [5.41, 5.74) is 4.43. The fourth-order valence-electron chi connectivity index (χ4n) is 3.90. The predicted octanol–water partition coefficient (Wildman–Crippen LogP) is 2.95. The van der Waals surface area contributed by atoms with Gasteiger partial charge in [-0.05, 0) is 49.9 Å². The molecule has 0 spiro atoms. The summed E-state index contributed by atoms with van der Waals surface area (Å²) in [6.45, 7) is 3.12. The van der Waals surface area contributed by atoms with Gasteiger partial charge >= 0.3 is 5.97 Å². The van der Waals surface area contributed by atoms with Crippen LogP contribution in [0.1, 0.15) is 47.1 Å². The highest BCUT2D eigenvalue weighted by Crippen LogP contribution is 2.34. The number of carbonyl (C=O) groups excluding carboxylic acids is 2. The quantitative estimate of drug-likeness (QED) is 0.420. The lowest BCUT2D eigenvalue weighted by Gasteiger charge is -2.14. The molecule has 0 saturated heterocycles. The molecule has 8 heteroatoms. The lowest BCUT2D eigenvalue weighted by atomic mass is 9.90. The number of furan rings is 1. The summed E-state index contributed by atoms with van der Waals surface area (Å²) < 4.78 is 12.3. The van der Waals surface area contributed by atoms with Crippen LogP contribution in [0.5, 0.6) is 0 Å². The van der Waals surface area contributed by atoms with E-state index in [4.69, 9.17) is 14.3 Å². The number of fused-ring (bicyclic) bond motifs is 3. The number of hydrogen-bond acceptors (Lipinski definition) is 6. The lowest BCUT2D eigenvalue weighted by Crippen LogP contribution is -2.26. The minimum absolute atomic E-state index is 0.0248. The van der Waals surface area contributed by atoms with E-state index in [1.165, 1.54) is 0 Å². The van der Waals surface area contributed by atoms with E-state index in [0.717, 1.165) is 41.0 Å². The van der Waals surface area contributed by atoms with Crippen LogP contribution in [-0.2, 0) is 35.3 Å². The number of pyridine rings is 1. The topological polar surface area (TPSA) is 99.2 Å². The molecule has 0 saturated carbocycles. The molecule has 3 heterocycles. The fraction of sp³-hybridized carbons (Fsp3) is 0.391. The van der Waals surface area contributed by atoms with Gasteiger partial charge in [-0.1, -0.05) is 0 Å². The molecule has 0 fully saturated rings. The van der Waals surface area contributed by atoms with Crippen molar-refractivity contribution in [3.8, 4) is 11.3 Å². The first-order valence-electron chi connectivity index (χ1n) is 10.7. The molecule has 0 bridgehead atoms. The van der Waals surface area contributed by atoms with Crippen molar-refractivity contribution in [2.75, 3.05) is 13.2 Å². The van der Waals surface area contributed by atoms with Gasteiger partial charge < -0.3 is 14.5 Å². The van der Waals surface area contributed by atoms with Crippen molar-refractivity contribution < 1.29 is 18.7 Å². The minimum atomic E-state index is -0.351. The molecule has 31 heavy (non-hydrogen) atoms. The Morgan fingerprint density at radius 1 is 1.29 bits per heavy atom. The van der Waals surface area contributed by atoms with Crippen LogP contribution in [0.3, 0.4) is 0 Å². The van der Waals surface area contributed by atoms with Crippen molar-refractivity contribution in [1.82, 2.24) is 20.1 Å². The molecule has 0 radical (unpaired) electrons. The van der Waals surface area contributed by atoms with Gasteiger partial charge in [0.2, 0.25) is 5.91 Å². The third-order valence-corrected chi connectivity index (χ3v) is 5.37. The molecule has 4 rings (SSSR count). The molecule has 3 aromatic heterocycles. The Morgan fingerprint density at radius 3 is 3.00 bits per heavy atom. The second kappa shape index (κ2) is 9.59. The molecule has 0 aromatic carbocycles. The van der Waals surface area contributed by atoms with E-state index >= 15 is 0 Å². The molecule has 1 amide bonds. The smallest absolute Gasteiger partial charge is 0.356 e. The first-order valence-corrected chi connectivity index (χ1v) is 10.7. The molecule has 8 nitrogen and oxygen atoms in total. The maximum absolute atomic E-state index is 12.7. The largest absolute Gasteiger partial charge is 0.469 e. The highest BCUT2D eigenvalue weighted by atomic mass is 16.5. The third-order valence-electron chi connectivity index (χ3n) is 5.37. The molecule has 0 unspecified atom stereocenters. The van der Waals surface area contributed by atoms with Gasteiger partial charge in [0.1, 0.15) is 11.5 Å². The zero-order valence-corrected chi connectivity index (χ0v) is 17.6. The molecular weight excluding hydrogens is 396 g/mol. The summed E-state index contributed by atoms with van der Waals surface area (Å²) in [5.74, 6) is 0.422.